The van der Waals surface area contributed by atoms with Crippen molar-refractivity contribution in [1.82, 2.24) is 0 Å². The van der Waals surface area contributed by atoms with Crippen molar-refractivity contribution in [2.45, 2.75) is 74.1 Å². The van der Waals surface area contributed by atoms with Gasteiger partial charge in [0.15, 0.2) is 0 Å². The minimum Gasteiger partial charge on any atom is -0.0990 e. The largest absolute Gasteiger partial charge is 0.0990 e. The second-order valence-electron chi connectivity index (χ2n) is 9.99. The maximum Gasteiger partial charge on any atom is -0.00646 e. The summed E-state index contributed by atoms with van der Waals surface area (Å²) in [7, 11) is 0. The van der Waals surface area contributed by atoms with E-state index in [1.54, 1.807) is 0 Å². The SMILES string of the molecule is C=C(Cc1ccc(/C(=C(CC)/C(/C=C\C)=C/C)c2ccc(/C=C\CCC)cc2)cc1)C(C)(C)C. The Labute approximate surface area is 209 Å². The Kier molecular flexibility index (Phi) is 10.6. The topological polar surface area (TPSA) is 0 Å². The highest BCUT2D eigenvalue weighted by Crippen LogP contribution is 2.34. The Bertz CT molecular complexity index is 1040. The van der Waals surface area contributed by atoms with Gasteiger partial charge in [0.1, 0.15) is 0 Å². The first kappa shape index (κ1) is 27.4. The van der Waals surface area contributed by atoms with E-state index in [9.17, 15) is 0 Å². The lowest BCUT2D eigenvalue weighted by Crippen LogP contribution is -2.10. The molecule has 0 amide bonds. The third-order valence-corrected chi connectivity index (χ3v) is 6.35. The minimum atomic E-state index is 0.125. The number of benzene rings is 2. The van der Waals surface area contributed by atoms with Crippen LogP contribution in [0.3, 0.4) is 0 Å². The zero-order chi connectivity index (χ0) is 25.1. The van der Waals surface area contributed by atoms with Gasteiger partial charge in [-0.25, -0.2) is 0 Å². The summed E-state index contributed by atoms with van der Waals surface area (Å²) in [6.07, 6.45) is 15.3. The van der Waals surface area contributed by atoms with Crippen LogP contribution in [-0.2, 0) is 6.42 Å². The highest BCUT2D eigenvalue weighted by Gasteiger charge is 2.16. The Morgan fingerprint density at radius 2 is 1.47 bits per heavy atom. The fourth-order valence-corrected chi connectivity index (χ4v) is 4.04. The lowest BCUT2D eigenvalue weighted by Gasteiger charge is -2.22. The van der Waals surface area contributed by atoms with E-state index in [4.69, 9.17) is 0 Å². The average molecular weight is 453 g/mol. The van der Waals surface area contributed by atoms with Gasteiger partial charge in [0.05, 0.1) is 0 Å². The maximum atomic E-state index is 4.33. The summed E-state index contributed by atoms with van der Waals surface area (Å²) in [4.78, 5) is 0. The summed E-state index contributed by atoms with van der Waals surface area (Å²) in [5.74, 6) is 0. The summed E-state index contributed by atoms with van der Waals surface area (Å²) in [5.41, 5.74) is 10.5. The number of rotatable bonds is 10. The van der Waals surface area contributed by atoms with Gasteiger partial charge in [-0.15, -0.1) is 0 Å². The molecule has 0 radical (unpaired) electrons. The first-order valence-corrected chi connectivity index (χ1v) is 12.8. The van der Waals surface area contributed by atoms with Crippen molar-refractivity contribution >= 4 is 11.6 Å². The molecule has 0 aliphatic rings. The van der Waals surface area contributed by atoms with Crippen LogP contribution >= 0.6 is 0 Å². The van der Waals surface area contributed by atoms with Crippen LogP contribution in [0, 0.1) is 5.41 Å². The molecule has 0 nitrogen and oxygen atoms in total. The van der Waals surface area contributed by atoms with Gasteiger partial charge >= 0.3 is 0 Å². The maximum absolute atomic E-state index is 4.33. The molecule has 0 aliphatic carbocycles. The molecule has 0 heteroatoms. The van der Waals surface area contributed by atoms with Gasteiger partial charge in [-0.2, -0.15) is 0 Å². The molecule has 0 N–H and O–H groups in total. The van der Waals surface area contributed by atoms with E-state index in [-0.39, 0.29) is 5.41 Å². The molecule has 2 rings (SSSR count). The van der Waals surface area contributed by atoms with Gasteiger partial charge in [-0.1, -0.05) is 132 Å². The molecule has 0 unspecified atom stereocenters. The Balaban J connectivity index is 2.56. The van der Waals surface area contributed by atoms with E-state index < -0.39 is 0 Å². The lowest BCUT2D eigenvalue weighted by atomic mass is 9.83. The molecule has 0 atom stereocenters. The number of hydrogen-bond acceptors (Lipinski definition) is 0. The van der Waals surface area contributed by atoms with Crippen molar-refractivity contribution in [2.75, 3.05) is 0 Å². The van der Waals surface area contributed by atoms with Crippen molar-refractivity contribution in [1.29, 1.82) is 0 Å². The summed E-state index contributed by atoms with van der Waals surface area (Å²) in [6.45, 7) is 19.7. The quantitative estimate of drug-likeness (QED) is 0.248. The van der Waals surface area contributed by atoms with Crippen LogP contribution < -0.4 is 0 Å². The molecule has 0 saturated carbocycles. The minimum absolute atomic E-state index is 0.125. The van der Waals surface area contributed by atoms with Crippen LogP contribution in [0.4, 0.5) is 0 Å². The van der Waals surface area contributed by atoms with Crippen LogP contribution in [0.25, 0.3) is 11.6 Å². The third kappa shape index (κ3) is 7.59. The number of hydrogen-bond donors (Lipinski definition) is 0. The summed E-state index contributed by atoms with van der Waals surface area (Å²) >= 11 is 0. The number of unbranched alkanes of at least 4 members (excludes halogenated alkanes) is 1. The monoisotopic (exact) mass is 452 g/mol. The van der Waals surface area contributed by atoms with E-state index in [1.165, 1.54) is 51.0 Å². The molecule has 2 aromatic rings. The zero-order valence-electron chi connectivity index (χ0n) is 22.5. The molecule has 0 spiro atoms. The fraction of sp³-hybridized carbons (Fsp3) is 0.353. The van der Waals surface area contributed by atoms with Crippen LogP contribution in [0.5, 0.6) is 0 Å². The van der Waals surface area contributed by atoms with Gasteiger partial charge in [-0.3, -0.25) is 0 Å². The Morgan fingerprint density at radius 3 is 1.94 bits per heavy atom. The fourth-order valence-electron chi connectivity index (χ4n) is 4.04. The normalized spacial score (nSPS) is 13.6. The van der Waals surface area contributed by atoms with Gasteiger partial charge < -0.3 is 0 Å². The van der Waals surface area contributed by atoms with Gasteiger partial charge in [0, 0.05) is 0 Å². The van der Waals surface area contributed by atoms with Crippen molar-refractivity contribution in [3.05, 3.63) is 118 Å². The van der Waals surface area contributed by atoms with Gasteiger partial charge in [-0.05, 0) is 77.5 Å². The summed E-state index contributed by atoms with van der Waals surface area (Å²) < 4.78 is 0. The Hall–Kier alpha value is -2.86. The van der Waals surface area contributed by atoms with Crippen molar-refractivity contribution in [3.63, 3.8) is 0 Å². The molecular weight excluding hydrogens is 408 g/mol. The van der Waals surface area contributed by atoms with E-state index in [0.29, 0.717) is 0 Å². The van der Waals surface area contributed by atoms with E-state index in [2.05, 4.69) is 134 Å². The Morgan fingerprint density at radius 1 is 0.882 bits per heavy atom. The third-order valence-electron chi connectivity index (χ3n) is 6.35. The standard InChI is InChI=1S/C34H44/c1-9-13-14-16-27-17-21-30(22-18-27)33(32(12-4)29(11-3)15-10-2)31-23-19-28(20-24-31)25-26(5)34(6,7)8/h10-11,14-24H,5,9,12-13,25H2,1-4,6-8H3/b15-10-,16-14-,29-11+,33-32+. The van der Waals surface area contributed by atoms with Crippen LogP contribution in [0.1, 0.15) is 90.0 Å². The second-order valence-corrected chi connectivity index (χ2v) is 9.99. The summed E-state index contributed by atoms with van der Waals surface area (Å²) in [5, 5.41) is 0. The van der Waals surface area contributed by atoms with Crippen molar-refractivity contribution in [3.8, 4) is 0 Å². The molecular formula is C34H44. The van der Waals surface area contributed by atoms with Crippen LogP contribution in [0.2, 0.25) is 0 Å². The highest BCUT2D eigenvalue weighted by molar-refractivity contribution is 5.85. The van der Waals surface area contributed by atoms with E-state index in [0.717, 1.165) is 19.3 Å². The predicted molar refractivity (Wildman–Crippen MR) is 154 cm³/mol. The molecule has 0 aliphatic heterocycles. The first-order chi connectivity index (χ1) is 16.2. The molecule has 2 aromatic carbocycles. The zero-order valence-corrected chi connectivity index (χ0v) is 22.5. The predicted octanol–water partition coefficient (Wildman–Crippen LogP) is 10.4. The molecule has 180 valence electrons. The van der Waals surface area contributed by atoms with Crippen molar-refractivity contribution < 1.29 is 0 Å². The van der Waals surface area contributed by atoms with Gasteiger partial charge in [0.2, 0.25) is 0 Å². The number of allylic oxidation sites excluding steroid dienone is 7. The van der Waals surface area contributed by atoms with Crippen LogP contribution in [-0.4, -0.2) is 0 Å². The average Bonchev–Trinajstić information content (AvgIpc) is 2.82. The van der Waals surface area contributed by atoms with E-state index >= 15 is 0 Å². The molecule has 34 heavy (non-hydrogen) atoms. The second kappa shape index (κ2) is 13.1. The lowest BCUT2D eigenvalue weighted by molar-refractivity contribution is 0.494. The smallest absolute Gasteiger partial charge is 0.00646 e. The van der Waals surface area contributed by atoms with Gasteiger partial charge in [0.25, 0.3) is 0 Å². The molecule has 0 bridgehead atoms. The van der Waals surface area contributed by atoms with E-state index in [1.807, 2.05) is 0 Å². The molecule has 0 aromatic heterocycles. The molecule has 0 fully saturated rings. The summed E-state index contributed by atoms with van der Waals surface area (Å²) in [6, 6.07) is 18.1. The molecule has 0 saturated heterocycles. The van der Waals surface area contributed by atoms with Crippen LogP contribution in [0.15, 0.2) is 96.1 Å². The molecule has 0 heterocycles. The van der Waals surface area contributed by atoms with Crippen molar-refractivity contribution in [2.24, 2.45) is 5.41 Å². The highest BCUT2D eigenvalue weighted by atomic mass is 14.2. The first-order valence-electron chi connectivity index (χ1n) is 12.8.